The molecule has 10 rings (SSSR count). The van der Waals surface area contributed by atoms with Crippen LogP contribution in [0.5, 0.6) is 0 Å². The van der Waals surface area contributed by atoms with Crippen LogP contribution in [0.1, 0.15) is 46.0 Å². The largest absolute Gasteiger partial charge is 0.309 e. The van der Waals surface area contributed by atoms with Crippen molar-refractivity contribution in [3.05, 3.63) is 170 Å². The molecule has 2 heterocycles. The number of hydrogen-bond donors (Lipinski definition) is 0. The molecule has 0 saturated heterocycles. The normalized spacial score (nSPS) is 15.1. The maximum Gasteiger partial charge on any atom is 0.123 e. The Kier molecular flexibility index (Phi) is 8.14. The fraction of sp³-hybridized carbons (Fsp3) is 0.176. The van der Waals surface area contributed by atoms with Crippen LogP contribution in [0, 0.1) is 0 Å². The van der Waals surface area contributed by atoms with E-state index >= 15 is 0 Å². The van der Waals surface area contributed by atoms with Crippen LogP contribution >= 0.6 is 0 Å². The van der Waals surface area contributed by atoms with E-state index in [2.05, 4.69) is 193 Å². The Hall–Kier alpha value is -5.64. The van der Waals surface area contributed by atoms with Crippen LogP contribution in [0.3, 0.4) is 0 Å². The fourth-order valence-corrected chi connectivity index (χ4v) is 16.8. The molecular formula is C51H46N2Si. The lowest BCUT2D eigenvalue weighted by Gasteiger charge is -2.45. The van der Waals surface area contributed by atoms with Crippen LogP contribution in [-0.4, -0.2) is 17.2 Å². The van der Waals surface area contributed by atoms with Gasteiger partial charge in [0.1, 0.15) is 8.07 Å². The highest BCUT2D eigenvalue weighted by atomic mass is 28.3. The van der Waals surface area contributed by atoms with Crippen molar-refractivity contribution in [2.45, 2.75) is 57.0 Å². The maximum absolute atomic E-state index is 2.59. The Labute approximate surface area is 319 Å². The summed E-state index contributed by atoms with van der Waals surface area (Å²) in [7, 11) is -2.13. The summed E-state index contributed by atoms with van der Waals surface area (Å²) in [6, 6.07) is 64.0. The Bertz CT molecular complexity index is 2790. The summed E-state index contributed by atoms with van der Waals surface area (Å²) in [5.41, 5.74) is 11.3. The molecule has 7 aromatic carbocycles. The molecule has 0 spiro atoms. The van der Waals surface area contributed by atoms with Gasteiger partial charge in [-0.15, -0.1) is 0 Å². The van der Waals surface area contributed by atoms with Gasteiger partial charge in [-0.1, -0.05) is 166 Å². The molecule has 0 radical (unpaired) electrons. The molecule has 0 bridgehead atoms. The van der Waals surface area contributed by atoms with Crippen LogP contribution in [0.25, 0.3) is 66.1 Å². The van der Waals surface area contributed by atoms with Gasteiger partial charge in [-0.25, -0.2) is 0 Å². The van der Waals surface area contributed by atoms with E-state index in [9.17, 15) is 0 Å². The SMILES string of the molecule is CC(C)[Si](c1ccccc1)(c1cccc(-n2c3ccccc3c3cc(-c4ccc5c(c4)c4ccccc4n5-c4ccccc4)ccc32)c1)C1CCCCC1. The van der Waals surface area contributed by atoms with E-state index < -0.39 is 8.07 Å². The minimum Gasteiger partial charge on any atom is -0.309 e. The van der Waals surface area contributed by atoms with E-state index in [-0.39, 0.29) is 0 Å². The van der Waals surface area contributed by atoms with Gasteiger partial charge in [0.25, 0.3) is 0 Å². The molecule has 0 aliphatic heterocycles. The fourth-order valence-electron chi connectivity index (χ4n) is 10.4. The first-order chi connectivity index (χ1) is 26.6. The molecule has 1 fully saturated rings. The molecule has 1 saturated carbocycles. The first-order valence-corrected chi connectivity index (χ1v) is 22.1. The standard InChI is InChI=1S/C51H46N2Si/c1-36(2)54(41-20-8-4-9-21-41,42-22-10-5-11-23-42)43-24-16-19-40(35-43)53-49-28-15-13-26-45(49)47-34-38(30-32-51(47)53)37-29-31-50-46(33-37)44-25-12-14-27-48(44)52(50)39-17-6-3-7-18-39/h3-4,6-9,12-21,24-36,42H,5,10-11,22-23H2,1-2H3. The minimum absolute atomic E-state index is 0.595. The molecule has 1 atom stereocenters. The highest BCUT2D eigenvalue weighted by molar-refractivity contribution is 7.04. The third-order valence-corrected chi connectivity index (χ3v) is 18.9. The van der Waals surface area contributed by atoms with Crippen LogP contribution in [0.15, 0.2) is 170 Å². The molecule has 264 valence electrons. The summed E-state index contributed by atoms with van der Waals surface area (Å²) in [6.45, 7) is 5.03. The molecule has 1 aliphatic carbocycles. The van der Waals surface area contributed by atoms with Crippen molar-refractivity contribution in [1.82, 2.24) is 9.13 Å². The monoisotopic (exact) mass is 714 g/mol. The molecular weight excluding hydrogens is 669 g/mol. The zero-order valence-corrected chi connectivity index (χ0v) is 32.3. The molecule has 3 heteroatoms. The van der Waals surface area contributed by atoms with Gasteiger partial charge in [-0.2, -0.15) is 0 Å². The van der Waals surface area contributed by atoms with E-state index in [0.29, 0.717) is 5.54 Å². The lowest BCUT2D eigenvalue weighted by molar-refractivity contribution is 0.491. The van der Waals surface area contributed by atoms with Gasteiger partial charge in [-0.05, 0) is 82.9 Å². The maximum atomic E-state index is 2.59. The average molecular weight is 715 g/mol. The van der Waals surface area contributed by atoms with Gasteiger partial charge in [0.15, 0.2) is 0 Å². The average Bonchev–Trinajstić information content (AvgIpc) is 3.74. The lowest BCUT2D eigenvalue weighted by Crippen LogP contribution is -2.64. The van der Waals surface area contributed by atoms with Crippen molar-refractivity contribution < 1.29 is 0 Å². The Morgan fingerprint density at radius 2 is 0.907 bits per heavy atom. The number of nitrogens with zero attached hydrogens (tertiary/aromatic N) is 2. The molecule has 2 aromatic heterocycles. The lowest BCUT2D eigenvalue weighted by atomic mass is 10.0. The number of aromatic nitrogens is 2. The summed E-state index contributed by atoms with van der Waals surface area (Å²) >= 11 is 0. The van der Waals surface area contributed by atoms with Crippen molar-refractivity contribution in [2.24, 2.45) is 0 Å². The smallest absolute Gasteiger partial charge is 0.123 e. The zero-order valence-electron chi connectivity index (χ0n) is 31.3. The van der Waals surface area contributed by atoms with Crippen LogP contribution in [0.4, 0.5) is 0 Å². The van der Waals surface area contributed by atoms with Gasteiger partial charge >= 0.3 is 0 Å². The van der Waals surface area contributed by atoms with E-state index in [1.807, 2.05) is 0 Å². The zero-order chi connectivity index (χ0) is 36.2. The topological polar surface area (TPSA) is 9.86 Å². The molecule has 0 N–H and O–H groups in total. The molecule has 2 nitrogen and oxygen atoms in total. The van der Waals surface area contributed by atoms with Crippen molar-refractivity contribution in [1.29, 1.82) is 0 Å². The second-order valence-electron chi connectivity index (χ2n) is 15.8. The molecule has 54 heavy (non-hydrogen) atoms. The highest BCUT2D eigenvalue weighted by Gasteiger charge is 2.47. The van der Waals surface area contributed by atoms with Crippen molar-refractivity contribution in [3.8, 4) is 22.5 Å². The van der Waals surface area contributed by atoms with Gasteiger partial charge in [-0.3, -0.25) is 0 Å². The van der Waals surface area contributed by atoms with E-state index in [1.54, 1.807) is 10.4 Å². The number of para-hydroxylation sites is 3. The minimum atomic E-state index is -2.13. The molecule has 0 amide bonds. The number of fused-ring (bicyclic) bond motifs is 6. The van der Waals surface area contributed by atoms with Gasteiger partial charge in [0.2, 0.25) is 0 Å². The first kappa shape index (κ1) is 33.0. The van der Waals surface area contributed by atoms with E-state index in [0.717, 1.165) is 5.54 Å². The van der Waals surface area contributed by atoms with Gasteiger partial charge in [0.05, 0.1) is 22.1 Å². The summed E-state index contributed by atoms with van der Waals surface area (Å²) < 4.78 is 4.92. The van der Waals surface area contributed by atoms with Gasteiger partial charge < -0.3 is 9.13 Å². The molecule has 9 aromatic rings. The summed E-state index contributed by atoms with van der Waals surface area (Å²) in [5, 5.41) is 8.33. The Balaban J connectivity index is 1.13. The predicted molar refractivity (Wildman–Crippen MR) is 234 cm³/mol. The van der Waals surface area contributed by atoms with Crippen molar-refractivity contribution >= 4 is 62.1 Å². The predicted octanol–water partition coefficient (Wildman–Crippen LogP) is 12.9. The summed E-state index contributed by atoms with van der Waals surface area (Å²) in [5.74, 6) is 0. The van der Waals surface area contributed by atoms with Crippen LogP contribution < -0.4 is 10.4 Å². The van der Waals surface area contributed by atoms with Crippen molar-refractivity contribution in [3.63, 3.8) is 0 Å². The summed E-state index contributed by atoms with van der Waals surface area (Å²) in [4.78, 5) is 0. The second-order valence-corrected chi connectivity index (χ2v) is 20.6. The number of rotatable bonds is 7. The van der Waals surface area contributed by atoms with E-state index in [1.165, 1.54) is 98.2 Å². The summed E-state index contributed by atoms with van der Waals surface area (Å²) in [6.07, 6.45) is 6.79. The molecule has 1 aliphatic rings. The number of hydrogen-bond acceptors (Lipinski definition) is 0. The quantitative estimate of drug-likeness (QED) is 0.145. The Morgan fingerprint density at radius 1 is 0.426 bits per heavy atom. The van der Waals surface area contributed by atoms with E-state index in [4.69, 9.17) is 0 Å². The van der Waals surface area contributed by atoms with Crippen LogP contribution in [0.2, 0.25) is 11.1 Å². The first-order valence-electron chi connectivity index (χ1n) is 19.9. The number of benzene rings is 7. The second kappa shape index (κ2) is 13.3. The van der Waals surface area contributed by atoms with Crippen LogP contribution in [-0.2, 0) is 0 Å². The van der Waals surface area contributed by atoms with Crippen molar-refractivity contribution in [2.75, 3.05) is 0 Å². The third kappa shape index (κ3) is 5.13. The Morgan fingerprint density at radius 3 is 1.50 bits per heavy atom. The molecule has 1 unspecified atom stereocenters. The highest BCUT2D eigenvalue weighted by Crippen LogP contribution is 2.43. The van der Waals surface area contributed by atoms with Gasteiger partial charge in [0, 0.05) is 32.9 Å². The third-order valence-electron chi connectivity index (χ3n) is 12.7.